The van der Waals surface area contributed by atoms with Gasteiger partial charge in [-0.05, 0) is 38.5 Å². The Morgan fingerprint density at radius 1 is 1.20 bits per heavy atom. The minimum absolute atomic E-state index is 0. The molecule has 2 rings (SSSR count). The monoisotopic (exact) mass is 304 g/mol. The van der Waals surface area contributed by atoms with Crippen LogP contribution in [0.15, 0.2) is 0 Å². The maximum Gasteiger partial charge on any atom is 0.220 e. The summed E-state index contributed by atoms with van der Waals surface area (Å²) in [5, 5.41) is 3.01. The lowest BCUT2D eigenvalue weighted by Crippen LogP contribution is -2.51. The summed E-state index contributed by atoms with van der Waals surface area (Å²) in [5.74, 6) is 0.129. The molecule has 1 unspecified atom stereocenters. The number of amides is 1. The highest BCUT2D eigenvalue weighted by Gasteiger charge is 2.27. The molecule has 118 valence electrons. The molecule has 0 aromatic rings. The second-order valence-electron chi connectivity index (χ2n) is 6.23. The van der Waals surface area contributed by atoms with E-state index in [9.17, 15) is 4.79 Å². The zero-order valence-corrected chi connectivity index (χ0v) is 13.2. The Hall–Kier alpha value is -0.320. The molecule has 3 N–H and O–H groups in total. The topological polar surface area (TPSA) is 64.3 Å². The normalized spacial score (nSPS) is 25.6. The highest BCUT2D eigenvalue weighted by molar-refractivity contribution is 5.85. The number of nitrogens with two attached hydrogens (primary N) is 1. The van der Waals surface area contributed by atoms with Crippen molar-refractivity contribution in [3.05, 3.63) is 0 Å². The van der Waals surface area contributed by atoms with Crippen molar-refractivity contribution in [1.82, 2.24) is 5.32 Å². The van der Waals surface area contributed by atoms with Crippen LogP contribution in [0.4, 0.5) is 0 Å². The number of nitrogens with one attached hydrogen (secondary N) is 1. The maximum atomic E-state index is 11.8. The number of ether oxygens (including phenoxy) is 1. The first-order valence-electron chi connectivity index (χ1n) is 7.85. The Morgan fingerprint density at radius 3 is 2.60 bits per heavy atom. The van der Waals surface area contributed by atoms with E-state index in [1.807, 2.05) is 0 Å². The predicted octanol–water partition coefficient (Wildman–Crippen LogP) is 2.54. The molecular weight excluding hydrogens is 276 g/mol. The molecule has 20 heavy (non-hydrogen) atoms. The lowest BCUT2D eigenvalue weighted by Gasteiger charge is -2.33. The summed E-state index contributed by atoms with van der Waals surface area (Å²) in [6, 6.07) is 0. The van der Waals surface area contributed by atoms with E-state index >= 15 is 0 Å². The highest BCUT2D eigenvalue weighted by atomic mass is 35.5. The molecule has 0 bridgehead atoms. The Morgan fingerprint density at radius 2 is 1.95 bits per heavy atom. The van der Waals surface area contributed by atoms with E-state index in [0.29, 0.717) is 19.1 Å². The van der Waals surface area contributed by atoms with Gasteiger partial charge in [-0.15, -0.1) is 12.4 Å². The maximum absolute atomic E-state index is 11.8. The summed E-state index contributed by atoms with van der Waals surface area (Å²) >= 11 is 0. The van der Waals surface area contributed by atoms with Crippen molar-refractivity contribution in [3.63, 3.8) is 0 Å². The van der Waals surface area contributed by atoms with Crippen molar-refractivity contribution >= 4 is 18.3 Å². The van der Waals surface area contributed by atoms with Crippen molar-refractivity contribution in [2.45, 2.75) is 75.9 Å². The third-order valence-corrected chi connectivity index (χ3v) is 4.45. The van der Waals surface area contributed by atoms with Crippen molar-refractivity contribution in [2.24, 2.45) is 5.73 Å². The van der Waals surface area contributed by atoms with Gasteiger partial charge in [0.2, 0.25) is 5.91 Å². The van der Waals surface area contributed by atoms with E-state index in [-0.39, 0.29) is 23.9 Å². The van der Waals surface area contributed by atoms with Gasteiger partial charge in [0.15, 0.2) is 0 Å². The van der Waals surface area contributed by atoms with Gasteiger partial charge in [-0.3, -0.25) is 4.79 Å². The molecule has 1 amide bonds. The van der Waals surface area contributed by atoms with Crippen LogP contribution in [0.25, 0.3) is 0 Å². The first-order valence-corrected chi connectivity index (χ1v) is 7.85. The molecule has 1 saturated heterocycles. The van der Waals surface area contributed by atoms with Gasteiger partial charge in [-0.25, -0.2) is 0 Å². The SMILES string of the molecule is Cl.NC1(CNC(=O)CCC2CCCCO2)CCCCC1. The smallest absolute Gasteiger partial charge is 0.220 e. The van der Waals surface area contributed by atoms with Crippen LogP contribution in [-0.2, 0) is 9.53 Å². The van der Waals surface area contributed by atoms with E-state index in [1.165, 1.54) is 32.1 Å². The highest BCUT2D eigenvalue weighted by Crippen LogP contribution is 2.25. The average Bonchev–Trinajstić information content (AvgIpc) is 2.45. The molecule has 0 aromatic carbocycles. The van der Waals surface area contributed by atoms with Crippen molar-refractivity contribution < 1.29 is 9.53 Å². The molecule has 2 aliphatic rings. The van der Waals surface area contributed by atoms with E-state index < -0.39 is 0 Å². The van der Waals surface area contributed by atoms with Crippen LogP contribution in [0.2, 0.25) is 0 Å². The fraction of sp³-hybridized carbons (Fsp3) is 0.933. The van der Waals surface area contributed by atoms with Crippen LogP contribution in [0.5, 0.6) is 0 Å². The number of hydrogen-bond acceptors (Lipinski definition) is 3. The Bertz CT molecular complexity index is 288. The van der Waals surface area contributed by atoms with E-state index in [2.05, 4.69) is 5.32 Å². The van der Waals surface area contributed by atoms with Gasteiger partial charge in [0.1, 0.15) is 0 Å². The van der Waals surface area contributed by atoms with Gasteiger partial charge < -0.3 is 15.8 Å². The molecule has 1 atom stereocenters. The second kappa shape index (κ2) is 8.85. The second-order valence-corrected chi connectivity index (χ2v) is 6.23. The summed E-state index contributed by atoms with van der Waals surface area (Å²) < 4.78 is 5.64. The molecule has 1 aliphatic carbocycles. The lowest BCUT2D eigenvalue weighted by molar-refractivity contribution is -0.122. The molecule has 2 fully saturated rings. The number of carbonyl (C=O) groups is 1. The fourth-order valence-corrected chi connectivity index (χ4v) is 3.12. The molecular formula is C15H29ClN2O2. The van der Waals surface area contributed by atoms with Crippen LogP contribution < -0.4 is 11.1 Å². The minimum Gasteiger partial charge on any atom is -0.378 e. The largest absolute Gasteiger partial charge is 0.378 e. The third-order valence-electron chi connectivity index (χ3n) is 4.45. The minimum atomic E-state index is -0.157. The molecule has 1 aliphatic heterocycles. The van der Waals surface area contributed by atoms with Crippen LogP contribution in [0.1, 0.15) is 64.2 Å². The third kappa shape index (κ3) is 5.98. The molecule has 0 radical (unpaired) electrons. The number of rotatable bonds is 5. The van der Waals surface area contributed by atoms with E-state index in [1.54, 1.807) is 0 Å². The zero-order chi connectivity index (χ0) is 13.6. The number of carbonyl (C=O) groups excluding carboxylic acids is 1. The summed E-state index contributed by atoms with van der Waals surface area (Å²) in [4.78, 5) is 11.8. The lowest BCUT2D eigenvalue weighted by atomic mass is 9.82. The first-order chi connectivity index (χ1) is 9.18. The number of halogens is 1. The van der Waals surface area contributed by atoms with Crippen LogP contribution >= 0.6 is 12.4 Å². The molecule has 0 aromatic heterocycles. The van der Waals surface area contributed by atoms with Gasteiger partial charge in [0.25, 0.3) is 0 Å². The Balaban J connectivity index is 0.00000200. The predicted molar refractivity (Wildman–Crippen MR) is 83.1 cm³/mol. The zero-order valence-electron chi connectivity index (χ0n) is 12.4. The van der Waals surface area contributed by atoms with E-state index in [0.717, 1.165) is 32.3 Å². The summed E-state index contributed by atoms with van der Waals surface area (Å²) in [5.41, 5.74) is 6.15. The van der Waals surface area contributed by atoms with Crippen molar-refractivity contribution in [3.8, 4) is 0 Å². The summed E-state index contributed by atoms with van der Waals surface area (Å²) in [6.45, 7) is 1.50. The molecule has 1 heterocycles. The van der Waals surface area contributed by atoms with Gasteiger partial charge in [0, 0.05) is 25.1 Å². The molecule has 4 nitrogen and oxygen atoms in total. The average molecular weight is 305 g/mol. The van der Waals surface area contributed by atoms with Crippen molar-refractivity contribution in [2.75, 3.05) is 13.2 Å². The summed E-state index contributed by atoms with van der Waals surface area (Å²) in [6.07, 6.45) is 11.0. The van der Waals surface area contributed by atoms with Crippen LogP contribution in [-0.4, -0.2) is 30.7 Å². The molecule has 1 saturated carbocycles. The quantitative estimate of drug-likeness (QED) is 0.820. The molecule has 5 heteroatoms. The van der Waals surface area contributed by atoms with Gasteiger partial charge in [-0.2, -0.15) is 0 Å². The standard InChI is InChI=1S/C15H28N2O2.ClH/c16-15(9-3-1-4-10-15)12-17-14(18)8-7-13-6-2-5-11-19-13;/h13H,1-12,16H2,(H,17,18);1H. The number of hydrogen-bond donors (Lipinski definition) is 2. The Labute approximate surface area is 128 Å². The van der Waals surface area contributed by atoms with Crippen LogP contribution in [0, 0.1) is 0 Å². The Kier molecular flexibility index (Phi) is 7.85. The van der Waals surface area contributed by atoms with Crippen molar-refractivity contribution in [1.29, 1.82) is 0 Å². The van der Waals surface area contributed by atoms with Gasteiger partial charge in [-0.1, -0.05) is 19.3 Å². The van der Waals surface area contributed by atoms with Crippen LogP contribution in [0.3, 0.4) is 0 Å². The fourth-order valence-electron chi connectivity index (χ4n) is 3.12. The van der Waals surface area contributed by atoms with Gasteiger partial charge >= 0.3 is 0 Å². The van der Waals surface area contributed by atoms with E-state index in [4.69, 9.17) is 10.5 Å². The first kappa shape index (κ1) is 17.7. The summed E-state index contributed by atoms with van der Waals surface area (Å²) in [7, 11) is 0. The molecule has 0 spiro atoms. The van der Waals surface area contributed by atoms with Gasteiger partial charge in [0.05, 0.1) is 6.10 Å².